The van der Waals surface area contributed by atoms with E-state index < -0.39 is 95.3 Å². The summed E-state index contributed by atoms with van der Waals surface area (Å²) >= 11 is 0. The number of nitrogens with one attached hydrogen (secondary N) is 4. The minimum Gasteiger partial charge on any atom is -0.502 e. The summed E-state index contributed by atoms with van der Waals surface area (Å²) in [6, 6.07) is 12.0. The molecule has 0 aliphatic carbocycles. The number of hydrogen-bond acceptors (Lipinski definition) is 19. The topological polar surface area (TPSA) is 399 Å². The summed E-state index contributed by atoms with van der Waals surface area (Å²) in [6.07, 6.45) is 5.39. The molecule has 77 heavy (non-hydrogen) atoms. The Hall–Kier alpha value is -8.34. The Morgan fingerprint density at radius 1 is 0.442 bits per heavy atom. The van der Waals surface area contributed by atoms with Crippen LogP contribution in [0.3, 0.4) is 0 Å². The van der Waals surface area contributed by atoms with E-state index in [1.807, 2.05) is 21.9 Å². The first-order valence-electron chi connectivity index (χ1n) is 24.5. The molecule has 0 spiro atoms. The number of carbonyl (C=O) groups is 4. The van der Waals surface area contributed by atoms with Crippen LogP contribution in [0.25, 0.3) is 0 Å². The van der Waals surface area contributed by atoms with Crippen molar-refractivity contribution in [3.8, 4) is 23.0 Å². The van der Waals surface area contributed by atoms with Crippen molar-refractivity contribution in [3.05, 3.63) is 143 Å². The van der Waals surface area contributed by atoms with Crippen LogP contribution in [0.15, 0.2) is 92.5 Å². The molecule has 0 fully saturated rings. The summed E-state index contributed by atoms with van der Waals surface area (Å²) in [5, 5.41) is 90.3. The molecule has 1 aromatic carbocycles. The van der Waals surface area contributed by atoms with Crippen molar-refractivity contribution in [1.29, 1.82) is 0 Å². The lowest BCUT2D eigenvalue weighted by molar-refractivity contribution is 0.0931. The predicted molar refractivity (Wildman–Crippen MR) is 278 cm³/mol. The van der Waals surface area contributed by atoms with Crippen molar-refractivity contribution in [2.24, 2.45) is 5.92 Å². The number of carbonyl (C=O) groups excluding carboxylic acids is 4. The largest absolute Gasteiger partial charge is 0.502 e. The van der Waals surface area contributed by atoms with Crippen molar-refractivity contribution in [3.63, 3.8) is 0 Å². The third-order valence-corrected chi connectivity index (χ3v) is 12.3. The van der Waals surface area contributed by atoms with Crippen LogP contribution in [0.1, 0.15) is 47.0 Å². The molecule has 0 unspecified atom stereocenters. The van der Waals surface area contributed by atoms with Gasteiger partial charge in [0.1, 0.15) is 0 Å². The van der Waals surface area contributed by atoms with E-state index in [0.29, 0.717) is 12.1 Å². The monoisotopic (exact) mass is 1080 g/mol. The van der Waals surface area contributed by atoms with Gasteiger partial charge in [0.25, 0.3) is 45.9 Å². The summed E-state index contributed by atoms with van der Waals surface area (Å²) < 4.78 is 4.14. The molecule has 0 aliphatic rings. The molecule has 0 radical (unpaired) electrons. The van der Waals surface area contributed by atoms with Gasteiger partial charge in [-0.1, -0.05) is 12.1 Å². The Bertz CT molecular complexity index is 2730. The van der Waals surface area contributed by atoms with Crippen LogP contribution < -0.4 is 49.2 Å². The first kappa shape index (κ1) is 59.5. The second-order valence-corrected chi connectivity index (χ2v) is 17.6. The Morgan fingerprint density at radius 2 is 0.701 bits per heavy atom. The van der Waals surface area contributed by atoms with Gasteiger partial charge in [-0.05, 0) is 54.3 Å². The fourth-order valence-corrected chi connectivity index (χ4v) is 8.30. The van der Waals surface area contributed by atoms with Crippen molar-refractivity contribution < 1.29 is 60.0 Å². The highest BCUT2D eigenvalue weighted by molar-refractivity contribution is 5.98. The molecule has 4 amide bonds. The number of amides is 4. The maximum Gasteiger partial charge on any atom is 0.293 e. The zero-order chi connectivity index (χ0) is 56.2. The average Bonchev–Trinajstić information content (AvgIpc) is 3.40. The van der Waals surface area contributed by atoms with Crippen LogP contribution >= 0.6 is 0 Å². The van der Waals surface area contributed by atoms with Crippen LogP contribution in [-0.4, -0.2) is 184 Å². The number of aliphatic hydroxyl groups is 4. The Balaban J connectivity index is 1.43. The van der Waals surface area contributed by atoms with Crippen LogP contribution in [0.2, 0.25) is 0 Å². The van der Waals surface area contributed by atoms with E-state index in [1.165, 1.54) is 49.1 Å². The Labute approximate surface area is 439 Å². The van der Waals surface area contributed by atoms with Gasteiger partial charge in [-0.15, -0.1) is 0 Å². The quantitative estimate of drug-likeness (QED) is 0.0196. The molecule has 14 N–H and O–H groups in total. The molecule has 27 heteroatoms. The van der Waals surface area contributed by atoms with E-state index >= 15 is 0 Å². The number of aromatic hydroxyl groups is 4. The lowest BCUT2D eigenvalue weighted by Crippen LogP contribution is -2.46. The summed E-state index contributed by atoms with van der Waals surface area (Å²) in [7, 11) is 0. The van der Waals surface area contributed by atoms with Gasteiger partial charge in [0.15, 0.2) is 23.0 Å². The number of nitrogens with two attached hydrogens (primary N) is 1. The minimum absolute atomic E-state index is 0.0685. The molecule has 0 bridgehead atoms. The number of nitrogen functional groups attached to an aromatic ring is 1. The van der Waals surface area contributed by atoms with Crippen molar-refractivity contribution >= 4 is 29.3 Å². The van der Waals surface area contributed by atoms with E-state index in [9.17, 15) is 79.2 Å². The third-order valence-electron chi connectivity index (χ3n) is 12.3. The maximum atomic E-state index is 13.4. The number of rotatable bonds is 30. The predicted octanol–water partition coefficient (Wildman–Crippen LogP) is -3.81. The van der Waals surface area contributed by atoms with Gasteiger partial charge in [-0.25, -0.2) is 0 Å². The first-order valence-corrected chi connectivity index (χ1v) is 24.5. The van der Waals surface area contributed by atoms with Crippen LogP contribution in [0.4, 0.5) is 5.69 Å². The summed E-state index contributed by atoms with van der Waals surface area (Å²) in [4.78, 5) is 108. The molecule has 0 aliphatic heterocycles. The second kappa shape index (κ2) is 29.1. The van der Waals surface area contributed by atoms with Gasteiger partial charge in [0.2, 0.25) is 0 Å². The SMILES string of the molecule is Nc1ccc(CC(CN(CCNC(=O)c2ccn(CCO)c(=O)c2O)CCNC(=O)c2ccn(CCO)c(=O)c2O)CN(CCNC(=O)c2ccn(CCO)c(=O)c2O)CCNC(=O)c2ccn(CCO)c(=O)c2O)cc1. The minimum atomic E-state index is -0.890. The molecule has 0 saturated heterocycles. The number of anilines is 1. The highest BCUT2D eigenvalue weighted by Crippen LogP contribution is 2.17. The van der Waals surface area contributed by atoms with E-state index in [4.69, 9.17) is 5.73 Å². The van der Waals surface area contributed by atoms with Gasteiger partial charge in [-0.2, -0.15) is 0 Å². The fourth-order valence-electron chi connectivity index (χ4n) is 8.30. The van der Waals surface area contributed by atoms with E-state index in [-0.39, 0.29) is 120 Å². The zero-order valence-electron chi connectivity index (χ0n) is 42.0. The second-order valence-electron chi connectivity index (χ2n) is 17.6. The number of pyridine rings is 4. The molecule has 416 valence electrons. The van der Waals surface area contributed by atoms with Crippen LogP contribution in [0, 0.1) is 5.92 Å². The lowest BCUT2D eigenvalue weighted by atomic mass is 9.97. The van der Waals surface area contributed by atoms with Gasteiger partial charge in [0, 0.05) is 122 Å². The van der Waals surface area contributed by atoms with Crippen LogP contribution in [0.5, 0.6) is 23.0 Å². The number of hydrogen-bond donors (Lipinski definition) is 13. The molecule has 4 heterocycles. The number of aliphatic hydroxyl groups excluding tert-OH is 4. The number of nitrogens with zero attached hydrogens (tertiary/aromatic N) is 6. The molecule has 27 nitrogen and oxygen atoms in total. The summed E-state index contributed by atoms with van der Waals surface area (Å²) in [6.45, 7) is -1.51. The summed E-state index contributed by atoms with van der Waals surface area (Å²) in [5.41, 5.74) is 2.53. The van der Waals surface area contributed by atoms with Gasteiger partial charge in [-0.3, -0.25) is 48.2 Å². The van der Waals surface area contributed by atoms with E-state index in [0.717, 1.165) is 23.8 Å². The number of aromatic nitrogens is 4. The molecular formula is C50H65N11O16. The molecular weight excluding hydrogens is 1010 g/mol. The Kier molecular flexibility index (Phi) is 22.5. The molecule has 5 aromatic rings. The number of benzene rings is 1. The van der Waals surface area contributed by atoms with Crippen molar-refractivity contribution in [1.82, 2.24) is 49.3 Å². The third kappa shape index (κ3) is 16.3. The molecule has 4 aromatic heterocycles. The van der Waals surface area contributed by atoms with Crippen molar-refractivity contribution in [2.45, 2.75) is 32.6 Å². The Morgan fingerprint density at radius 3 is 0.948 bits per heavy atom. The van der Waals surface area contributed by atoms with E-state index in [1.54, 1.807) is 12.1 Å². The standard InChI is InChI=1S/C50H65N11O16/c51-34-3-1-32(2-4-34)29-33(30-56(17-9-52-43(70)35-5-13-58(21-25-62)47(74)39(35)66)18-10-53-44(71)36-6-14-59(22-26-63)48(75)40(36)67)31-57(19-11-54-45(72)37-7-15-60(23-27-64)49(76)41(37)68)20-12-55-46(73)38-8-16-61(24-28-65)50(77)42(38)69/h1-8,13-16,33,62-69H,9-12,17-31,51H2,(H,52,70)(H,53,71)(H,54,72)(H,55,73). The molecule has 0 saturated carbocycles. The first-order chi connectivity index (χ1) is 36.9. The fraction of sp³-hybridized carbons (Fsp3) is 0.400. The van der Waals surface area contributed by atoms with Crippen LogP contribution in [-0.2, 0) is 32.6 Å². The summed E-state index contributed by atoms with van der Waals surface area (Å²) in [5.74, 6) is -6.83. The van der Waals surface area contributed by atoms with E-state index in [2.05, 4.69) is 21.3 Å². The zero-order valence-corrected chi connectivity index (χ0v) is 42.0. The molecule has 5 rings (SSSR count). The normalized spacial score (nSPS) is 11.3. The van der Waals surface area contributed by atoms with Crippen molar-refractivity contribution in [2.75, 3.05) is 97.6 Å². The smallest absolute Gasteiger partial charge is 0.293 e. The highest BCUT2D eigenvalue weighted by Gasteiger charge is 2.24. The van der Waals surface area contributed by atoms with Gasteiger partial charge < -0.3 is 86.1 Å². The highest BCUT2D eigenvalue weighted by atomic mass is 16.3. The lowest BCUT2D eigenvalue weighted by Gasteiger charge is -2.32. The molecule has 0 atom stereocenters. The average molecular weight is 1080 g/mol. The van der Waals surface area contributed by atoms with Gasteiger partial charge >= 0.3 is 0 Å². The van der Waals surface area contributed by atoms with Gasteiger partial charge in [0.05, 0.1) is 48.7 Å². The maximum absolute atomic E-state index is 13.4.